The van der Waals surface area contributed by atoms with Crippen molar-refractivity contribution in [2.75, 3.05) is 0 Å². The molecular weight excluding hydrogens is 160 g/mol. The first-order valence-corrected chi connectivity index (χ1v) is 4.86. The fourth-order valence-electron chi connectivity index (χ4n) is 2.83. The average molecular weight is 173 g/mol. The van der Waals surface area contributed by atoms with Crippen LogP contribution in [-0.4, -0.2) is 5.24 Å². The van der Waals surface area contributed by atoms with Gasteiger partial charge in [-0.2, -0.15) is 0 Å². The number of halogens is 1. The molecule has 2 aliphatic rings. The largest absolute Gasteiger partial charge is 0.281 e. The minimum Gasteiger partial charge on any atom is -0.281 e. The van der Waals surface area contributed by atoms with Crippen molar-refractivity contribution < 1.29 is 4.79 Å². The van der Waals surface area contributed by atoms with Gasteiger partial charge in [-0.05, 0) is 49.1 Å². The van der Waals surface area contributed by atoms with E-state index in [2.05, 4.69) is 0 Å². The fraction of sp³-hybridized carbons (Fsp3) is 0.889. The summed E-state index contributed by atoms with van der Waals surface area (Å²) in [5.41, 5.74) is 0. The summed E-state index contributed by atoms with van der Waals surface area (Å²) in [5.74, 6) is 1.50. The van der Waals surface area contributed by atoms with Gasteiger partial charge < -0.3 is 0 Å². The van der Waals surface area contributed by atoms with Gasteiger partial charge >= 0.3 is 0 Å². The lowest BCUT2D eigenvalue weighted by atomic mass is 9.79. The number of hydrogen-bond donors (Lipinski definition) is 0. The first kappa shape index (κ1) is 7.60. The molecule has 2 aliphatic carbocycles. The second-order valence-electron chi connectivity index (χ2n) is 3.86. The Morgan fingerprint density at radius 2 is 1.64 bits per heavy atom. The van der Waals surface area contributed by atoms with Gasteiger partial charge in [0.1, 0.15) is 0 Å². The van der Waals surface area contributed by atoms with Crippen LogP contribution >= 0.6 is 11.6 Å². The quantitative estimate of drug-likeness (QED) is 0.556. The zero-order valence-electron chi connectivity index (χ0n) is 6.55. The van der Waals surface area contributed by atoms with Crippen LogP contribution in [0, 0.1) is 17.8 Å². The van der Waals surface area contributed by atoms with E-state index in [-0.39, 0.29) is 11.2 Å². The second-order valence-corrected chi connectivity index (χ2v) is 4.23. The Labute approximate surface area is 72.1 Å². The molecule has 2 saturated carbocycles. The number of fused-ring (bicyclic) bond motifs is 2. The highest BCUT2D eigenvalue weighted by Crippen LogP contribution is 2.47. The monoisotopic (exact) mass is 172 g/mol. The van der Waals surface area contributed by atoms with Crippen molar-refractivity contribution in [2.45, 2.75) is 32.1 Å². The van der Waals surface area contributed by atoms with Gasteiger partial charge in [0.2, 0.25) is 5.24 Å². The van der Waals surface area contributed by atoms with Gasteiger partial charge in [-0.1, -0.05) is 6.42 Å². The number of rotatable bonds is 1. The third kappa shape index (κ3) is 1.20. The smallest absolute Gasteiger partial charge is 0.225 e. The molecule has 62 valence electrons. The topological polar surface area (TPSA) is 17.1 Å². The van der Waals surface area contributed by atoms with Gasteiger partial charge in [0.15, 0.2) is 0 Å². The Kier molecular flexibility index (Phi) is 1.92. The Balaban J connectivity index is 2.15. The molecule has 0 saturated heterocycles. The van der Waals surface area contributed by atoms with Crippen LogP contribution in [0.25, 0.3) is 0 Å². The van der Waals surface area contributed by atoms with E-state index < -0.39 is 0 Å². The zero-order valence-corrected chi connectivity index (χ0v) is 7.31. The number of hydrogen-bond acceptors (Lipinski definition) is 1. The lowest BCUT2D eigenvalue weighted by Gasteiger charge is -2.26. The minimum atomic E-state index is -0.0720. The maximum Gasteiger partial charge on any atom is 0.225 e. The molecular formula is C9H13ClO. The molecule has 2 atom stereocenters. The van der Waals surface area contributed by atoms with Crippen LogP contribution in [-0.2, 0) is 4.79 Å². The molecule has 0 amide bonds. The molecule has 2 rings (SSSR count). The maximum absolute atomic E-state index is 11.0. The summed E-state index contributed by atoms with van der Waals surface area (Å²) in [6, 6.07) is 0. The van der Waals surface area contributed by atoms with Crippen LogP contribution in [0.15, 0.2) is 0 Å². The molecule has 0 heterocycles. The average Bonchev–Trinajstić information content (AvgIpc) is 2.23. The molecule has 2 bridgehead atoms. The highest BCUT2D eigenvalue weighted by atomic mass is 35.5. The van der Waals surface area contributed by atoms with Gasteiger partial charge in [0.25, 0.3) is 0 Å². The number of carbonyl (C=O) groups is 1. The van der Waals surface area contributed by atoms with Gasteiger partial charge in [-0.3, -0.25) is 4.79 Å². The van der Waals surface area contributed by atoms with Crippen LogP contribution in [0.4, 0.5) is 0 Å². The highest BCUT2D eigenvalue weighted by Gasteiger charge is 2.42. The predicted octanol–water partition coefficient (Wildman–Crippen LogP) is 2.58. The molecule has 0 aromatic carbocycles. The van der Waals surface area contributed by atoms with E-state index in [1.165, 1.54) is 32.1 Å². The van der Waals surface area contributed by atoms with Gasteiger partial charge in [0, 0.05) is 5.92 Å². The first-order valence-electron chi connectivity index (χ1n) is 4.48. The normalized spacial score (nSPS) is 42.5. The zero-order chi connectivity index (χ0) is 7.84. The molecule has 1 nitrogen and oxygen atoms in total. The van der Waals surface area contributed by atoms with Crippen molar-refractivity contribution in [3.8, 4) is 0 Å². The molecule has 0 aromatic heterocycles. The van der Waals surface area contributed by atoms with Crippen molar-refractivity contribution in [1.82, 2.24) is 0 Å². The highest BCUT2D eigenvalue weighted by molar-refractivity contribution is 6.64. The van der Waals surface area contributed by atoms with E-state index in [0.29, 0.717) is 11.8 Å². The predicted molar refractivity (Wildman–Crippen MR) is 44.4 cm³/mol. The first-order chi connectivity index (χ1) is 5.29. The fourth-order valence-corrected chi connectivity index (χ4v) is 3.19. The van der Waals surface area contributed by atoms with Crippen molar-refractivity contribution in [2.24, 2.45) is 17.8 Å². The lowest BCUT2D eigenvalue weighted by molar-refractivity contribution is -0.118. The Bertz CT molecular complexity index is 162. The summed E-state index contributed by atoms with van der Waals surface area (Å²) in [7, 11) is 0. The van der Waals surface area contributed by atoms with E-state index in [1.807, 2.05) is 0 Å². The lowest BCUT2D eigenvalue weighted by Crippen LogP contribution is -2.25. The Morgan fingerprint density at radius 1 is 1.09 bits per heavy atom. The maximum atomic E-state index is 11.0. The Hall–Kier alpha value is -0.0400. The molecule has 2 unspecified atom stereocenters. The molecule has 0 radical (unpaired) electrons. The molecule has 0 N–H and O–H groups in total. The van der Waals surface area contributed by atoms with E-state index >= 15 is 0 Å². The van der Waals surface area contributed by atoms with E-state index in [4.69, 9.17) is 11.6 Å². The molecule has 0 aliphatic heterocycles. The summed E-state index contributed by atoms with van der Waals surface area (Å²) < 4.78 is 0. The summed E-state index contributed by atoms with van der Waals surface area (Å²) in [6.45, 7) is 0. The molecule has 0 spiro atoms. The van der Waals surface area contributed by atoms with Crippen molar-refractivity contribution >= 4 is 16.8 Å². The molecule has 2 heteroatoms. The van der Waals surface area contributed by atoms with Crippen LogP contribution in [0.2, 0.25) is 0 Å². The SMILES string of the molecule is O=C(Cl)C1C2CCCC1CC2. The second kappa shape index (κ2) is 2.78. The minimum absolute atomic E-state index is 0.0720. The van der Waals surface area contributed by atoms with Crippen LogP contribution in [0.3, 0.4) is 0 Å². The Morgan fingerprint density at radius 3 is 2.00 bits per heavy atom. The van der Waals surface area contributed by atoms with E-state index in [1.54, 1.807) is 0 Å². The standard InChI is InChI=1S/C9H13ClO/c10-9(11)8-6-2-1-3-7(8)5-4-6/h6-8H,1-5H2. The summed E-state index contributed by atoms with van der Waals surface area (Å²) in [4.78, 5) is 11.0. The van der Waals surface area contributed by atoms with E-state index in [0.717, 1.165) is 0 Å². The molecule has 0 aromatic rings. The van der Waals surface area contributed by atoms with Gasteiger partial charge in [-0.15, -0.1) is 0 Å². The van der Waals surface area contributed by atoms with Crippen molar-refractivity contribution in [3.05, 3.63) is 0 Å². The van der Waals surface area contributed by atoms with Crippen molar-refractivity contribution in [1.29, 1.82) is 0 Å². The van der Waals surface area contributed by atoms with Crippen LogP contribution < -0.4 is 0 Å². The summed E-state index contributed by atoms with van der Waals surface area (Å²) in [5, 5.41) is -0.0720. The van der Waals surface area contributed by atoms with Crippen molar-refractivity contribution in [3.63, 3.8) is 0 Å². The summed E-state index contributed by atoms with van der Waals surface area (Å²) >= 11 is 5.55. The summed E-state index contributed by atoms with van der Waals surface area (Å²) in [6.07, 6.45) is 6.27. The number of carbonyl (C=O) groups excluding carboxylic acids is 1. The van der Waals surface area contributed by atoms with Crippen LogP contribution in [0.5, 0.6) is 0 Å². The molecule has 11 heavy (non-hydrogen) atoms. The van der Waals surface area contributed by atoms with Crippen LogP contribution in [0.1, 0.15) is 32.1 Å². The molecule has 2 fully saturated rings. The third-order valence-electron chi connectivity index (χ3n) is 3.34. The third-order valence-corrected chi connectivity index (χ3v) is 3.59. The van der Waals surface area contributed by atoms with Gasteiger partial charge in [0.05, 0.1) is 0 Å². The van der Waals surface area contributed by atoms with Gasteiger partial charge in [-0.25, -0.2) is 0 Å². The van der Waals surface area contributed by atoms with E-state index in [9.17, 15) is 4.79 Å².